The number of carbonyl (C=O) groups excluding carboxylic acids is 1. The number of anilines is 1. The van der Waals surface area contributed by atoms with Gasteiger partial charge in [0.25, 0.3) is 10.0 Å². The van der Waals surface area contributed by atoms with Crippen LogP contribution >= 0.6 is 23.4 Å². The van der Waals surface area contributed by atoms with Gasteiger partial charge in [-0.05, 0) is 37.1 Å². The van der Waals surface area contributed by atoms with E-state index in [0.29, 0.717) is 11.8 Å². The minimum atomic E-state index is -3.93. The van der Waals surface area contributed by atoms with Gasteiger partial charge < -0.3 is 5.32 Å². The van der Waals surface area contributed by atoms with Crippen LogP contribution in [0.2, 0.25) is 5.02 Å². The molecule has 1 aliphatic rings. The average molecular weight is 453 g/mol. The number of hydrogen-bond donors (Lipinski definition) is 1. The Balaban J connectivity index is 1.70. The van der Waals surface area contributed by atoms with Crippen LogP contribution in [-0.4, -0.2) is 38.4 Å². The summed E-state index contributed by atoms with van der Waals surface area (Å²) in [6.07, 6.45) is 5.06. The van der Waals surface area contributed by atoms with Gasteiger partial charge in [0.2, 0.25) is 5.91 Å². The van der Waals surface area contributed by atoms with Gasteiger partial charge in [0.15, 0.2) is 0 Å². The van der Waals surface area contributed by atoms with Crippen molar-refractivity contribution < 1.29 is 13.2 Å². The van der Waals surface area contributed by atoms with E-state index >= 15 is 0 Å². The zero-order chi connectivity index (χ0) is 20.7. The summed E-state index contributed by atoms with van der Waals surface area (Å²) in [7, 11) is -3.93. The lowest BCUT2D eigenvalue weighted by Crippen LogP contribution is -2.41. The van der Waals surface area contributed by atoms with Crippen LogP contribution in [0.5, 0.6) is 0 Å². The third-order valence-corrected chi connectivity index (χ3v) is 8.30. The number of hydrogen-bond acceptors (Lipinski definition) is 4. The first kappa shape index (κ1) is 22.0. The molecule has 29 heavy (non-hydrogen) atoms. The molecule has 1 N–H and O–H groups in total. The molecule has 156 valence electrons. The van der Waals surface area contributed by atoms with Crippen LogP contribution < -0.4 is 9.62 Å². The minimum absolute atomic E-state index is 0.115. The van der Waals surface area contributed by atoms with Gasteiger partial charge in [-0.1, -0.05) is 54.8 Å². The molecular formula is C21H25ClN2O3S2. The van der Waals surface area contributed by atoms with Crippen molar-refractivity contribution in [3.8, 4) is 0 Å². The van der Waals surface area contributed by atoms with Crippen molar-refractivity contribution >= 4 is 45.0 Å². The second kappa shape index (κ2) is 10.4. The standard InChI is InChI=1S/C21H25ClN2O3S2/c22-19-12-6-7-13-20(19)24(29(26,27)18-10-2-1-3-11-18)16-21(25)23-14-15-28-17-8-4-5-9-17/h1-3,6-7,10-13,17H,4-5,8-9,14-16H2,(H,23,25). The van der Waals surface area contributed by atoms with E-state index in [9.17, 15) is 13.2 Å². The Kier molecular flexibility index (Phi) is 7.86. The van der Waals surface area contributed by atoms with Crippen molar-refractivity contribution in [1.82, 2.24) is 5.32 Å². The van der Waals surface area contributed by atoms with Crippen LogP contribution in [-0.2, 0) is 14.8 Å². The highest BCUT2D eigenvalue weighted by Crippen LogP contribution is 2.30. The van der Waals surface area contributed by atoms with Crippen molar-refractivity contribution in [2.24, 2.45) is 0 Å². The van der Waals surface area contributed by atoms with Gasteiger partial charge >= 0.3 is 0 Å². The lowest BCUT2D eigenvalue weighted by atomic mass is 10.3. The number of nitrogens with one attached hydrogen (secondary N) is 1. The fourth-order valence-corrected chi connectivity index (χ4v) is 6.30. The molecule has 0 heterocycles. The monoisotopic (exact) mass is 452 g/mol. The molecule has 0 aliphatic heterocycles. The average Bonchev–Trinajstić information content (AvgIpc) is 3.24. The van der Waals surface area contributed by atoms with Crippen LogP contribution in [0.25, 0.3) is 0 Å². The first-order valence-electron chi connectivity index (χ1n) is 9.69. The van der Waals surface area contributed by atoms with E-state index in [1.54, 1.807) is 42.5 Å². The van der Waals surface area contributed by atoms with Gasteiger partial charge in [-0.2, -0.15) is 11.8 Å². The summed E-state index contributed by atoms with van der Waals surface area (Å²) in [6, 6.07) is 14.7. The third-order valence-electron chi connectivity index (χ3n) is 4.82. The molecule has 2 aromatic carbocycles. The van der Waals surface area contributed by atoms with Gasteiger partial charge in [0.1, 0.15) is 6.54 Å². The normalized spacial score (nSPS) is 14.7. The number of amides is 1. The molecule has 0 aromatic heterocycles. The maximum atomic E-state index is 13.2. The molecule has 0 atom stereocenters. The molecule has 1 amide bonds. The quantitative estimate of drug-likeness (QED) is 0.575. The van der Waals surface area contributed by atoms with E-state index in [1.165, 1.54) is 37.8 Å². The summed E-state index contributed by atoms with van der Waals surface area (Å²) in [4.78, 5) is 12.7. The van der Waals surface area contributed by atoms with Crippen molar-refractivity contribution in [3.05, 3.63) is 59.6 Å². The summed E-state index contributed by atoms with van der Waals surface area (Å²) in [6.45, 7) is 0.191. The van der Waals surface area contributed by atoms with E-state index in [1.807, 2.05) is 11.8 Å². The lowest BCUT2D eigenvalue weighted by molar-refractivity contribution is -0.119. The fraction of sp³-hybridized carbons (Fsp3) is 0.381. The predicted octanol–water partition coefficient (Wildman–Crippen LogP) is 4.33. The molecule has 3 rings (SSSR count). The molecule has 0 unspecified atom stereocenters. The Morgan fingerprint density at radius 2 is 1.72 bits per heavy atom. The molecule has 1 fully saturated rings. The summed E-state index contributed by atoms with van der Waals surface area (Å²) in [5, 5.41) is 3.80. The Morgan fingerprint density at radius 3 is 2.41 bits per heavy atom. The SMILES string of the molecule is O=C(CN(c1ccccc1Cl)S(=O)(=O)c1ccccc1)NCCSC1CCCC1. The molecule has 2 aromatic rings. The largest absolute Gasteiger partial charge is 0.354 e. The summed E-state index contributed by atoms with van der Waals surface area (Å²) >= 11 is 8.13. The molecule has 0 saturated heterocycles. The highest BCUT2D eigenvalue weighted by atomic mass is 35.5. The molecule has 1 saturated carbocycles. The van der Waals surface area contributed by atoms with Crippen molar-refractivity contribution in [2.45, 2.75) is 35.8 Å². The molecule has 8 heteroatoms. The third kappa shape index (κ3) is 5.90. The van der Waals surface area contributed by atoms with Gasteiger partial charge in [0, 0.05) is 17.5 Å². The smallest absolute Gasteiger partial charge is 0.264 e. The summed E-state index contributed by atoms with van der Waals surface area (Å²) in [5.41, 5.74) is 0.286. The topological polar surface area (TPSA) is 66.5 Å². The second-order valence-electron chi connectivity index (χ2n) is 6.90. The van der Waals surface area contributed by atoms with Gasteiger partial charge in [-0.25, -0.2) is 8.42 Å². The molecule has 0 bridgehead atoms. The van der Waals surface area contributed by atoms with Crippen LogP contribution in [0.1, 0.15) is 25.7 Å². The van der Waals surface area contributed by atoms with Crippen LogP contribution in [0.3, 0.4) is 0 Å². The van der Waals surface area contributed by atoms with Crippen LogP contribution in [0.4, 0.5) is 5.69 Å². The maximum Gasteiger partial charge on any atom is 0.264 e. The number of rotatable bonds is 9. The molecular weight excluding hydrogens is 428 g/mol. The number of benzene rings is 2. The van der Waals surface area contributed by atoms with Crippen molar-refractivity contribution in [2.75, 3.05) is 23.1 Å². The second-order valence-corrected chi connectivity index (χ2v) is 10.6. The number of thioether (sulfide) groups is 1. The number of halogens is 1. The summed E-state index contributed by atoms with van der Waals surface area (Å²) in [5.74, 6) is 0.477. The first-order chi connectivity index (χ1) is 14.0. The first-order valence-corrected chi connectivity index (χ1v) is 12.6. The van der Waals surface area contributed by atoms with Crippen molar-refractivity contribution in [3.63, 3.8) is 0 Å². The Hall–Kier alpha value is -1.70. The molecule has 1 aliphatic carbocycles. The number of para-hydroxylation sites is 1. The predicted molar refractivity (Wildman–Crippen MR) is 120 cm³/mol. The van der Waals surface area contributed by atoms with E-state index in [0.717, 1.165) is 10.1 Å². The highest BCUT2D eigenvalue weighted by Gasteiger charge is 2.28. The molecule has 5 nitrogen and oxygen atoms in total. The van der Waals surface area contributed by atoms with Crippen molar-refractivity contribution in [1.29, 1.82) is 0 Å². The number of nitrogens with zero attached hydrogens (tertiary/aromatic N) is 1. The summed E-state index contributed by atoms with van der Waals surface area (Å²) < 4.78 is 27.5. The van der Waals surface area contributed by atoms with E-state index in [2.05, 4.69) is 5.32 Å². The Morgan fingerprint density at radius 1 is 1.07 bits per heavy atom. The van der Waals surface area contributed by atoms with Crippen LogP contribution in [0, 0.1) is 0 Å². The molecule has 0 radical (unpaired) electrons. The zero-order valence-corrected chi connectivity index (χ0v) is 18.5. The van der Waals surface area contributed by atoms with Gasteiger partial charge in [-0.3, -0.25) is 9.10 Å². The molecule has 0 spiro atoms. The number of carbonyl (C=O) groups is 1. The Bertz CT molecular complexity index is 917. The zero-order valence-electron chi connectivity index (χ0n) is 16.1. The van der Waals surface area contributed by atoms with E-state index in [-0.39, 0.29) is 28.1 Å². The highest BCUT2D eigenvalue weighted by molar-refractivity contribution is 7.99. The maximum absolute atomic E-state index is 13.2. The fourth-order valence-electron chi connectivity index (χ4n) is 3.33. The van der Waals surface area contributed by atoms with Gasteiger partial charge in [-0.15, -0.1) is 0 Å². The van der Waals surface area contributed by atoms with E-state index in [4.69, 9.17) is 11.6 Å². The van der Waals surface area contributed by atoms with Gasteiger partial charge in [0.05, 0.1) is 15.6 Å². The van der Waals surface area contributed by atoms with E-state index < -0.39 is 10.0 Å². The number of sulfonamides is 1. The lowest BCUT2D eigenvalue weighted by Gasteiger charge is -2.25. The minimum Gasteiger partial charge on any atom is -0.354 e. The Labute approximate surface area is 181 Å². The van der Waals surface area contributed by atoms with Crippen LogP contribution in [0.15, 0.2) is 59.5 Å².